The van der Waals surface area contributed by atoms with Gasteiger partial charge in [0.05, 0.1) is 11.4 Å². The van der Waals surface area contributed by atoms with E-state index in [9.17, 15) is 9.18 Å². The van der Waals surface area contributed by atoms with Crippen LogP contribution in [-0.4, -0.2) is 5.91 Å². The number of carbonyl (C=O) groups is 1. The number of anilines is 2. The van der Waals surface area contributed by atoms with E-state index in [1.54, 1.807) is 24.3 Å². The molecule has 0 saturated carbocycles. The van der Waals surface area contributed by atoms with Crippen LogP contribution in [0.15, 0.2) is 66.7 Å². The second kappa shape index (κ2) is 7.83. The third-order valence-corrected chi connectivity index (χ3v) is 4.23. The van der Waals surface area contributed by atoms with Gasteiger partial charge in [0.2, 0.25) is 0 Å². The lowest BCUT2D eigenvalue weighted by molar-refractivity contribution is 0.102. The Morgan fingerprint density at radius 2 is 1.62 bits per heavy atom. The van der Waals surface area contributed by atoms with E-state index in [0.29, 0.717) is 16.9 Å². The Labute approximate surface area is 152 Å². The lowest BCUT2D eigenvalue weighted by Gasteiger charge is -2.11. The van der Waals surface area contributed by atoms with E-state index in [-0.39, 0.29) is 11.7 Å². The fourth-order valence-electron chi connectivity index (χ4n) is 2.79. The van der Waals surface area contributed by atoms with Gasteiger partial charge in [0, 0.05) is 5.56 Å². The number of aryl methyl sites for hydroxylation is 1. The largest absolute Gasteiger partial charge is 0.397 e. The molecule has 3 nitrogen and oxygen atoms in total. The van der Waals surface area contributed by atoms with Crippen molar-refractivity contribution in [2.75, 3.05) is 11.1 Å². The van der Waals surface area contributed by atoms with Crippen molar-refractivity contribution >= 4 is 17.3 Å². The Morgan fingerprint density at radius 3 is 2.27 bits per heavy atom. The van der Waals surface area contributed by atoms with E-state index in [0.717, 1.165) is 24.0 Å². The molecule has 0 aliphatic rings. The van der Waals surface area contributed by atoms with Crippen LogP contribution in [0.2, 0.25) is 0 Å². The van der Waals surface area contributed by atoms with Gasteiger partial charge in [-0.3, -0.25) is 4.79 Å². The fourth-order valence-corrected chi connectivity index (χ4v) is 2.79. The summed E-state index contributed by atoms with van der Waals surface area (Å²) in [6, 6.07) is 19.2. The summed E-state index contributed by atoms with van der Waals surface area (Å²) < 4.78 is 13.1. The minimum atomic E-state index is -0.288. The van der Waals surface area contributed by atoms with E-state index < -0.39 is 0 Å². The Kier molecular flexibility index (Phi) is 5.32. The number of benzene rings is 3. The number of hydrogen-bond donors (Lipinski definition) is 2. The van der Waals surface area contributed by atoms with Crippen molar-refractivity contribution in [3.63, 3.8) is 0 Å². The molecule has 0 aliphatic heterocycles. The van der Waals surface area contributed by atoms with Crippen LogP contribution in [-0.2, 0) is 6.42 Å². The molecular formula is C22H21FN2O. The van der Waals surface area contributed by atoms with Crippen molar-refractivity contribution < 1.29 is 9.18 Å². The SMILES string of the molecule is CCCc1ccc(C(=O)Nc2cc(-c3ccc(F)cc3)ccc2N)cc1. The molecule has 0 aromatic heterocycles. The lowest BCUT2D eigenvalue weighted by Crippen LogP contribution is -2.13. The molecule has 132 valence electrons. The van der Waals surface area contributed by atoms with Crippen molar-refractivity contribution in [3.05, 3.63) is 83.7 Å². The molecule has 0 spiro atoms. The number of amides is 1. The third kappa shape index (κ3) is 4.09. The van der Waals surface area contributed by atoms with Crippen LogP contribution in [0.3, 0.4) is 0 Å². The molecule has 3 aromatic carbocycles. The zero-order valence-electron chi connectivity index (χ0n) is 14.6. The molecule has 0 unspecified atom stereocenters. The molecule has 1 amide bonds. The molecule has 3 rings (SSSR count). The maximum atomic E-state index is 13.1. The minimum absolute atomic E-state index is 0.212. The number of halogens is 1. The van der Waals surface area contributed by atoms with Crippen molar-refractivity contribution in [3.8, 4) is 11.1 Å². The number of nitrogens with two attached hydrogens (primary N) is 1. The minimum Gasteiger partial charge on any atom is -0.397 e. The predicted molar refractivity (Wildman–Crippen MR) is 105 cm³/mol. The van der Waals surface area contributed by atoms with Gasteiger partial charge in [-0.1, -0.05) is 43.7 Å². The van der Waals surface area contributed by atoms with Gasteiger partial charge >= 0.3 is 0 Å². The molecular weight excluding hydrogens is 327 g/mol. The third-order valence-electron chi connectivity index (χ3n) is 4.23. The summed E-state index contributed by atoms with van der Waals surface area (Å²) in [5.74, 6) is -0.500. The summed E-state index contributed by atoms with van der Waals surface area (Å²) in [6.07, 6.45) is 2.06. The zero-order chi connectivity index (χ0) is 18.5. The maximum Gasteiger partial charge on any atom is 0.255 e. The van der Waals surface area contributed by atoms with Gasteiger partial charge in [0.15, 0.2) is 0 Å². The van der Waals surface area contributed by atoms with Crippen LogP contribution in [0.1, 0.15) is 29.3 Å². The average Bonchev–Trinajstić information content (AvgIpc) is 2.65. The first-order valence-corrected chi connectivity index (χ1v) is 8.62. The van der Waals surface area contributed by atoms with Crippen molar-refractivity contribution in [1.82, 2.24) is 0 Å². The number of nitrogens with one attached hydrogen (secondary N) is 1. The first-order valence-electron chi connectivity index (χ1n) is 8.62. The average molecular weight is 348 g/mol. The van der Waals surface area contributed by atoms with Gasteiger partial charge in [-0.2, -0.15) is 0 Å². The molecule has 0 bridgehead atoms. The van der Waals surface area contributed by atoms with Gasteiger partial charge in [-0.05, 0) is 59.5 Å². The van der Waals surface area contributed by atoms with Crippen LogP contribution in [0, 0.1) is 5.82 Å². The van der Waals surface area contributed by atoms with E-state index >= 15 is 0 Å². The van der Waals surface area contributed by atoms with E-state index in [1.165, 1.54) is 17.7 Å². The summed E-state index contributed by atoms with van der Waals surface area (Å²) >= 11 is 0. The molecule has 3 aromatic rings. The highest BCUT2D eigenvalue weighted by molar-refractivity contribution is 6.06. The second-order valence-corrected chi connectivity index (χ2v) is 6.21. The molecule has 26 heavy (non-hydrogen) atoms. The first-order chi connectivity index (χ1) is 12.6. The molecule has 0 radical (unpaired) electrons. The zero-order valence-corrected chi connectivity index (χ0v) is 14.6. The number of rotatable bonds is 5. The van der Waals surface area contributed by atoms with Crippen molar-refractivity contribution in [2.24, 2.45) is 0 Å². The second-order valence-electron chi connectivity index (χ2n) is 6.21. The van der Waals surface area contributed by atoms with Crippen molar-refractivity contribution in [2.45, 2.75) is 19.8 Å². The molecule has 0 heterocycles. The first kappa shape index (κ1) is 17.7. The topological polar surface area (TPSA) is 55.1 Å². The van der Waals surface area contributed by atoms with Crippen LogP contribution in [0.5, 0.6) is 0 Å². The van der Waals surface area contributed by atoms with Crippen LogP contribution in [0.4, 0.5) is 15.8 Å². The standard InChI is InChI=1S/C22H21FN2O/c1-2-3-15-4-6-17(7-5-15)22(26)25-21-14-18(10-13-20(21)24)16-8-11-19(23)12-9-16/h4-14H,2-3,24H2,1H3,(H,25,26). The molecule has 0 atom stereocenters. The van der Waals surface area contributed by atoms with Gasteiger partial charge < -0.3 is 11.1 Å². The smallest absolute Gasteiger partial charge is 0.255 e. The fraction of sp³-hybridized carbons (Fsp3) is 0.136. The highest BCUT2D eigenvalue weighted by atomic mass is 19.1. The number of nitrogen functional groups attached to an aromatic ring is 1. The summed E-state index contributed by atoms with van der Waals surface area (Å²) in [4.78, 5) is 12.5. The van der Waals surface area contributed by atoms with E-state index in [1.807, 2.05) is 30.3 Å². The molecule has 4 heteroatoms. The van der Waals surface area contributed by atoms with E-state index in [4.69, 9.17) is 5.73 Å². The van der Waals surface area contributed by atoms with E-state index in [2.05, 4.69) is 12.2 Å². The molecule has 0 saturated heterocycles. The highest BCUT2D eigenvalue weighted by Crippen LogP contribution is 2.28. The van der Waals surface area contributed by atoms with Crippen LogP contribution >= 0.6 is 0 Å². The Hall–Kier alpha value is -3.14. The summed E-state index contributed by atoms with van der Waals surface area (Å²) in [6.45, 7) is 2.12. The quantitative estimate of drug-likeness (QED) is 0.616. The highest BCUT2D eigenvalue weighted by Gasteiger charge is 2.10. The molecule has 0 fully saturated rings. The Balaban J connectivity index is 1.81. The van der Waals surface area contributed by atoms with Gasteiger partial charge in [0.25, 0.3) is 5.91 Å². The predicted octanol–water partition coefficient (Wildman–Crippen LogP) is 5.28. The van der Waals surface area contributed by atoms with Crippen LogP contribution < -0.4 is 11.1 Å². The lowest BCUT2D eigenvalue weighted by atomic mass is 10.0. The maximum absolute atomic E-state index is 13.1. The molecule has 0 aliphatic carbocycles. The number of hydrogen-bond acceptors (Lipinski definition) is 2. The van der Waals surface area contributed by atoms with Gasteiger partial charge in [-0.25, -0.2) is 4.39 Å². The Morgan fingerprint density at radius 1 is 0.962 bits per heavy atom. The van der Waals surface area contributed by atoms with Crippen LogP contribution in [0.25, 0.3) is 11.1 Å². The van der Waals surface area contributed by atoms with Gasteiger partial charge in [-0.15, -0.1) is 0 Å². The summed E-state index contributed by atoms with van der Waals surface area (Å²) in [5.41, 5.74) is 10.5. The summed E-state index contributed by atoms with van der Waals surface area (Å²) in [7, 11) is 0. The Bertz CT molecular complexity index is 902. The van der Waals surface area contributed by atoms with Gasteiger partial charge in [0.1, 0.15) is 5.82 Å². The molecule has 3 N–H and O–H groups in total. The summed E-state index contributed by atoms with van der Waals surface area (Å²) in [5, 5.41) is 2.86. The normalized spacial score (nSPS) is 10.5. The monoisotopic (exact) mass is 348 g/mol. The number of carbonyl (C=O) groups excluding carboxylic acids is 1. The van der Waals surface area contributed by atoms with Crippen molar-refractivity contribution in [1.29, 1.82) is 0 Å².